The standard InChI is InChI=1S/C17H16N4O4S/c1-10(14-7-12(9-26-14)21(24)25)19-20-17(23)15-13(8-18-16(15)22)11-5-3-2-4-6-11/h2-7,9,13,15H,8H2,1H3,(H,18,22)(H,20,23)/b19-10-/t13-,15+/m1/s1. The first-order valence-corrected chi connectivity index (χ1v) is 8.75. The molecule has 0 unspecified atom stereocenters. The summed E-state index contributed by atoms with van der Waals surface area (Å²) >= 11 is 1.16. The van der Waals surface area contributed by atoms with Crippen LogP contribution in [-0.4, -0.2) is 29.0 Å². The molecular weight excluding hydrogens is 356 g/mol. The van der Waals surface area contributed by atoms with E-state index in [1.807, 2.05) is 30.3 Å². The molecule has 1 fully saturated rings. The van der Waals surface area contributed by atoms with Crippen molar-refractivity contribution in [3.63, 3.8) is 0 Å². The summed E-state index contributed by atoms with van der Waals surface area (Å²) in [4.78, 5) is 35.4. The number of carbonyl (C=O) groups is 2. The summed E-state index contributed by atoms with van der Waals surface area (Å²) in [6.45, 7) is 2.03. The number of hydrogen-bond donors (Lipinski definition) is 2. The first-order chi connectivity index (χ1) is 12.5. The lowest BCUT2D eigenvalue weighted by molar-refractivity contribution is -0.384. The van der Waals surface area contributed by atoms with Gasteiger partial charge in [0.2, 0.25) is 5.91 Å². The van der Waals surface area contributed by atoms with E-state index in [-0.39, 0.29) is 17.5 Å². The molecule has 0 aliphatic carbocycles. The van der Waals surface area contributed by atoms with Crippen LogP contribution >= 0.6 is 11.3 Å². The topological polar surface area (TPSA) is 114 Å². The van der Waals surface area contributed by atoms with Crippen LogP contribution in [0.2, 0.25) is 0 Å². The summed E-state index contributed by atoms with van der Waals surface area (Å²) in [6, 6.07) is 10.7. The van der Waals surface area contributed by atoms with Crippen molar-refractivity contribution in [2.24, 2.45) is 11.0 Å². The fourth-order valence-corrected chi connectivity index (χ4v) is 3.62. The molecular formula is C17H16N4O4S. The predicted molar refractivity (Wildman–Crippen MR) is 97.0 cm³/mol. The molecule has 2 amide bonds. The normalized spacial score (nSPS) is 19.9. The molecule has 2 aromatic rings. The van der Waals surface area contributed by atoms with Crippen LogP contribution in [0.3, 0.4) is 0 Å². The van der Waals surface area contributed by atoms with E-state index in [4.69, 9.17) is 0 Å². The lowest BCUT2D eigenvalue weighted by Crippen LogP contribution is -2.35. The van der Waals surface area contributed by atoms with E-state index < -0.39 is 16.7 Å². The van der Waals surface area contributed by atoms with Crippen LogP contribution in [0.15, 0.2) is 46.9 Å². The minimum Gasteiger partial charge on any atom is -0.355 e. The van der Waals surface area contributed by atoms with Crippen LogP contribution in [0.4, 0.5) is 5.69 Å². The maximum Gasteiger partial charge on any atom is 0.280 e. The van der Waals surface area contributed by atoms with Gasteiger partial charge in [-0.1, -0.05) is 30.3 Å². The van der Waals surface area contributed by atoms with Crippen molar-refractivity contribution < 1.29 is 14.5 Å². The molecule has 2 N–H and O–H groups in total. The Morgan fingerprint density at radius 2 is 2.12 bits per heavy atom. The van der Waals surface area contributed by atoms with Crippen LogP contribution in [0.25, 0.3) is 0 Å². The van der Waals surface area contributed by atoms with Gasteiger partial charge in [-0.05, 0) is 12.5 Å². The van der Waals surface area contributed by atoms with Crippen molar-refractivity contribution in [1.82, 2.24) is 10.7 Å². The average Bonchev–Trinajstić information content (AvgIpc) is 3.27. The van der Waals surface area contributed by atoms with Gasteiger partial charge in [0.15, 0.2) is 0 Å². The van der Waals surface area contributed by atoms with Gasteiger partial charge in [-0.3, -0.25) is 19.7 Å². The highest BCUT2D eigenvalue weighted by molar-refractivity contribution is 7.12. The molecule has 9 heteroatoms. The van der Waals surface area contributed by atoms with E-state index in [9.17, 15) is 19.7 Å². The van der Waals surface area contributed by atoms with Crippen molar-refractivity contribution in [2.45, 2.75) is 12.8 Å². The van der Waals surface area contributed by atoms with Gasteiger partial charge in [-0.15, -0.1) is 11.3 Å². The summed E-state index contributed by atoms with van der Waals surface area (Å²) in [5, 5.41) is 18.9. The summed E-state index contributed by atoms with van der Waals surface area (Å²) in [6.07, 6.45) is 0. The average molecular weight is 372 g/mol. The highest BCUT2D eigenvalue weighted by Gasteiger charge is 2.41. The van der Waals surface area contributed by atoms with Crippen LogP contribution in [-0.2, 0) is 9.59 Å². The summed E-state index contributed by atoms with van der Waals surface area (Å²) in [5.41, 5.74) is 3.73. The van der Waals surface area contributed by atoms with Crippen LogP contribution in [0, 0.1) is 16.0 Å². The number of benzene rings is 1. The quantitative estimate of drug-likeness (QED) is 0.362. The third-order valence-corrected chi connectivity index (χ3v) is 5.20. The van der Waals surface area contributed by atoms with Gasteiger partial charge in [-0.2, -0.15) is 5.10 Å². The molecule has 8 nitrogen and oxygen atoms in total. The molecule has 2 atom stereocenters. The van der Waals surface area contributed by atoms with Gasteiger partial charge in [-0.25, -0.2) is 5.43 Å². The van der Waals surface area contributed by atoms with Crippen LogP contribution in [0.5, 0.6) is 0 Å². The zero-order valence-corrected chi connectivity index (χ0v) is 14.7. The van der Waals surface area contributed by atoms with Crippen molar-refractivity contribution in [3.8, 4) is 0 Å². The largest absolute Gasteiger partial charge is 0.355 e. The summed E-state index contributed by atoms with van der Waals surface area (Å²) in [7, 11) is 0. The molecule has 26 heavy (non-hydrogen) atoms. The number of carbonyl (C=O) groups excluding carboxylic acids is 2. The fraction of sp³-hybridized carbons (Fsp3) is 0.235. The highest BCUT2D eigenvalue weighted by Crippen LogP contribution is 2.29. The molecule has 0 radical (unpaired) electrons. The van der Waals surface area contributed by atoms with Gasteiger partial charge in [0.25, 0.3) is 11.6 Å². The third-order valence-electron chi connectivity index (χ3n) is 4.18. The second kappa shape index (κ2) is 7.44. The highest BCUT2D eigenvalue weighted by atomic mass is 32.1. The number of amides is 2. The molecule has 1 saturated heterocycles. The fourth-order valence-electron chi connectivity index (χ4n) is 2.81. The first-order valence-electron chi connectivity index (χ1n) is 7.87. The Bertz CT molecular complexity index is 878. The summed E-state index contributed by atoms with van der Waals surface area (Å²) < 4.78 is 0. The Labute approximate surface area is 153 Å². The number of hydrazone groups is 1. The van der Waals surface area contributed by atoms with E-state index in [1.54, 1.807) is 6.92 Å². The van der Waals surface area contributed by atoms with E-state index in [1.165, 1.54) is 11.4 Å². The Balaban J connectivity index is 1.73. The van der Waals surface area contributed by atoms with E-state index in [2.05, 4.69) is 15.8 Å². The molecule has 0 spiro atoms. The molecule has 1 aromatic carbocycles. The van der Waals surface area contributed by atoms with E-state index in [0.29, 0.717) is 17.1 Å². The second-order valence-electron chi connectivity index (χ2n) is 5.84. The number of nitrogens with one attached hydrogen (secondary N) is 2. The van der Waals surface area contributed by atoms with Gasteiger partial charge >= 0.3 is 0 Å². The van der Waals surface area contributed by atoms with Crippen LogP contribution < -0.4 is 10.7 Å². The van der Waals surface area contributed by atoms with Crippen molar-refractivity contribution >= 4 is 34.6 Å². The molecule has 3 rings (SSSR count). The first kappa shape index (κ1) is 17.7. The van der Waals surface area contributed by atoms with E-state index >= 15 is 0 Å². The molecule has 134 valence electrons. The number of hydrogen-bond acceptors (Lipinski definition) is 6. The number of thiophene rings is 1. The van der Waals surface area contributed by atoms with Gasteiger partial charge in [0.05, 0.1) is 20.9 Å². The monoisotopic (exact) mass is 372 g/mol. The Hall–Kier alpha value is -3.07. The minimum absolute atomic E-state index is 0.0230. The van der Waals surface area contributed by atoms with Crippen molar-refractivity contribution in [3.05, 3.63) is 62.3 Å². The van der Waals surface area contributed by atoms with Crippen LogP contribution in [0.1, 0.15) is 23.3 Å². The second-order valence-corrected chi connectivity index (χ2v) is 6.75. The zero-order chi connectivity index (χ0) is 18.7. The van der Waals surface area contributed by atoms with Crippen molar-refractivity contribution in [1.29, 1.82) is 0 Å². The van der Waals surface area contributed by atoms with Gasteiger partial charge < -0.3 is 5.32 Å². The Morgan fingerprint density at radius 3 is 2.77 bits per heavy atom. The smallest absolute Gasteiger partial charge is 0.280 e. The maximum atomic E-state index is 12.5. The molecule has 1 aliphatic heterocycles. The summed E-state index contributed by atoms with van der Waals surface area (Å²) in [5.74, 6) is -1.97. The van der Waals surface area contributed by atoms with E-state index in [0.717, 1.165) is 16.9 Å². The third kappa shape index (κ3) is 3.62. The number of nitrogens with zero attached hydrogens (tertiary/aromatic N) is 2. The number of rotatable bonds is 5. The van der Waals surface area contributed by atoms with Crippen molar-refractivity contribution in [2.75, 3.05) is 6.54 Å². The molecule has 2 heterocycles. The predicted octanol–water partition coefficient (Wildman–Crippen LogP) is 2.03. The Morgan fingerprint density at radius 1 is 1.38 bits per heavy atom. The lowest BCUT2D eigenvalue weighted by atomic mass is 9.88. The SMILES string of the molecule is C/C(=N/NC(=O)[C@@H]1C(=O)NC[C@@H]1c1ccccc1)c1cc([N+](=O)[O-])cs1. The minimum atomic E-state index is -0.869. The van der Waals surface area contributed by atoms with Gasteiger partial charge in [0.1, 0.15) is 5.92 Å². The number of nitro groups is 1. The molecule has 0 bridgehead atoms. The molecule has 0 saturated carbocycles. The lowest BCUT2D eigenvalue weighted by Gasteiger charge is -2.15. The maximum absolute atomic E-state index is 12.5. The Kier molecular flexibility index (Phi) is 5.08. The molecule has 1 aliphatic rings. The zero-order valence-electron chi connectivity index (χ0n) is 13.8. The van der Waals surface area contributed by atoms with Gasteiger partial charge in [0, 0.05) is 18.5 Å². The molecule has 1 aromatic heterocycles.